The number of rotatable bonds is 6. The molecule has 0 aliphatic carbocycles. The second kappa shape index (κ2) is 6.56. The first-order valence-electron chi connectivity index (χ1n) is 5.76. The van der Waals surface area contributed by atoms with Crippen molar-refractivity contribution in [1.29, 1.82) is 0 Å². The van der Waals surface area contributed by atoms with Crippen LogP contribution in [0.15, 0.2) is 17.0 Å². The van der Waals surface area contributed by atoms with Crippen LogP contribution in [0.4, 0.5) is 0 Å². The molecule has 7 heteroatoms. The molecule has 1 aromatic rings. The number of hydrogen-bond acceptors (Lipinski definition) is 4. The Labute approximate surface area is 119 Å². The fraction of sp³-hybridized carbons (Fsp3) is 0.500. The van der Waals surface area contributed by atoms with Gasteiger partial charge in [0.25, 0.3) is 0 Å². The summed E-state index contributed by atoms with van der Waals surface area (Å²) in [6.07, 6.45) is 0. The fourth-order valence-corrected chi connectivity index (χ4v) is 3.14. The van der Waals surface area contributed by atoms with Gasteiger partial charge in [0, 0.05) is 13.1 Å². The molecule has 0 saturated heterocycles. The van der Waals surface area contributed by atoms with Crippen molar-refractivity contribution in [2.45, 2.75) is 11.8 Å². The summed E-state index contributed by atoms with van der Waals surface area (Å²) in [4.78, 5) is 2.08. The lowest BCUT2D eigenvalue weighted by Gasteiger charge is -2.13. The largest absolute Gasteiger partial charge is 0.495 e. The minimum atomic E-state index is -3.55. The number of methoxy groups -OCH3 is 1. The first kappa shape index (κ1) is 16.2. The van der Waals surface area contributed by atoms with Gasteiger partial charge in [-0.15, -0.1) is 0 Å². The molecule has 108 valence electrons. The van der Waals surface area contributed by atoms with Gasteiger partial charge >= 0.3 is 0 Å². The van der Waals surface area contributed by atoms with Crippen molar-refractivity contribution in [3.8, 4) is 5.75 Å². The third-order valence-corrected chi connectivity index (χ3v) is 4.49. The van der Waals surface area contributed by atoms with Crippen LogP contribution in [0, 0.1) is 6.92 Å². The van der Waals surface area contributed by atoms with E-state index in [1.54, 1.807) is 13.0 Å². The van der Waals surface area contributed by atoms with Crippen LogP contribution < -0.4 is 9.46 Å². The van der Waals surface area contributed by atoms with Crippen molar-refractivity contribution < 1.29 is 13.2 Å². The Morgan fingerprint density at radius 1 is 1.37 bits per heavy atom. The number of aryl methyl sites for hydroxylation is 1. The van der Waals surface area contributed by atoms with E-state index in [4.69, 9.17) is 16.3 Å². The molecule has 0 spiro atoms. The van der Waals surface area contributed by atoms with E-state index in [1.165, 1.54) is 13.2 Å². The minimum absolute atomic E-state index is 0.178. The summed E-state index contributed by atoms with van der Waals surface area (Å²) < 4.78 is 31.9. The lowest BCUT2D eigenvalue weighted by atomic mass is 10.2. The van der Waals surface area contributed by atoms with Crippen LogP contribution in [-0.2, 0) is 10.0 Å². The van der Waals surface area contributed by atoms with Gasteiger partial charge in [0.05, 0.1) is 17.0 Å². The van der Waals surface area contributed by atoms with Crippen molar-refractivity contribution in [3.05, 3.63) is 22.7 Å². The quantitative estimate of drug-likeness (QED) is 0.865. The molecule has 0 amide bonds. The zero-order chi connectivity index (χ0) is 14.6. The Kier molecular flexibility index (Phi) is 5.61. The van der Waals surface area contributed by atoms with Crippen molar-refractivity contribution >= 4 is 21.6 Å². The molecule has 1 N–H and O–H groups in total. The normalized spacial score (nSPS) is 11.9. The molecule has 0 bridgehead atoms. The topological polar surface area (TPSA) is 58.6 Å². The van der Waals surface area contributed by atoms with Gasteiger partial charge in [-0.2, -0.15) is 0 Å². The van der Waals surface area contributed by atoms with Crippen LogP contribution in [0.2, 0.25) is 5.02 Å². The Morgan fingerprint density at radius 2 is 2.00 bits per heavy atom. The summed E-state index contributed by atoms with van der Waals surface area (Å²) in [6, 6.07) is 3.02. The van der Waals surface area contributed by atoms with E-state index in [2.05, 4.69) is 4.72 Å². The Bertz CT molecular complexity index is 544. The molecule has 19 heavy (non-hydrogen) atoms. The lowest BCUT2D eigenvalue weighted by Crippen LogP contribution is -2.31. The van der Waals surface area contributed by atoms with E-state index in [0.717, 1.165) is 0 Å². The first-order chi connectivity index (χ1) is 8.77. The molecule has 0 aliphatic heterocycles. The molecule has 1 aromatic carbocycles. The predicted molar refractivity (Wildman–Crippen MR) is 76.5 cm³/mol. The molecule has 1 rings (SSSR count). The van der Waals surface area contributed by atoms with Crippen LogP contribution >= 0.6 is 11.6 Å². The molecule has 0 heterocycles. The molecule has 0 atom stereocenters. The number of benzene rings is 1. The van der Waals surface area contributed by atoms with E-state index in [1.807, 2.05) is 19.0 Å². The van der Waals surface area contributed by atoms with E-state index < -0.39 is 10.0 Å². The zero-order valence-corrected chi connectivity index (χ0v) is 13.1. The van der Waals surface area contributed by atoms with Crippen molar-refractivity contribution in [2.75, 3.05) is 34.3 Å². The van der Waals surface area contributed by atoms with Gasteiger partial charge < -0.3 is 9.64 Å². The molecular weight excluding hydrogens is 288 g/mol. The van der Waals surface area contributed by atoms with E-state index in [-0.39, 0.29) is 9.92 Å². The number of sulfonamides is 1. The highest BCUT2D eigenvalue weighted by Crippen LogP contribution is 2.29. The van der Waals surface area contributed by atoms with Gasteiger partial charge in [0.1, 0.15) is 5.75 Å². The van der Waals surface area contributed by atoms with Crippen LogP contribution in [-0.4, -0.2) is 47.6 Å². The Hall–Kier alpha value is -0.820. The molecule has 0 fully saturated rings. The fourth-order valence-electron chi connectivity index (χ4n) is 1.56. The number of likely N-dealkylation sites (N-methyl/N-ethyl adjacent to an activating group) is 1. The van der Waals surface area contributed by atoms with Crippen LogP contribution in [0.3, 0.4) is 0 Å². The van der Waals surface area contributed by atoms with Gasteiger partial charge in [-0.3, -0.25) is 0 Å². The summed E-state index contributed by atoms with van der Waals surface area (Å²) in [5.74, 6) is 0.464. The first-order valence-corrected chi connectivity index (χ1v) is 7.62. The maximum atomic E-state index is 12.2. The van der Waals surface area contributed by atoms with Crippen LogP contribution in [0.1, 0.15) is 5.56 Å². The van der Waals surface area contributed by atoms with Gasteiger partial charge in [0.2, 0.25) is 10.0 Å². The van der Waals surface area contributed by atoms with E-state index in [0.29, 0.717) is 24.4 Å². The summed E-state index contributed by atoms with van der Waals surface area (Å²) in [5, 5.41) is 0.279. The average molecular weight is 307 g/mol. The third-order valence-electron chi connectivity index (χ3n) is 2.59. The van der Waals surface area contributed by atoms with Crippen LogP contribution in [0.5, 0.6) is 5.75 Å². The van der Waals surface area contributed by atoms with Gasteiger partial charge in [-0.25, -0.2) is 13.1 Å². The van der Waals surface area contributed by atoms with Gasteiger partial charge in [0.15, 0.2) is 0 Å². The summed E-state index contributed by atoms with van der Waals surface area (Å²) in [6.45, 7) is 2.68. The molecule has 5 nitrogen and oxygen atoms in total. The van der Waals surface area contributed by atoms with Crippen molar-refractivity contribution in [3.63, 3.8) is 0 Å². The van der Waals surface area contributed by atoms with Gasteiger partial charge in [-0.1, -0.05) is 11.6 Å². The highest BCUT2D eigenvalue weighted by atomic mass is 35.5. The number of ether oxygens (including phenoxy) is 1. The number of halogens is 1. The molecule has 0 unspecified atom stereocenters. The molecule has 0 aromatic heterocycles. The Balaban J connectivity index is 2.98. The second-order valence-corrected chi connectivity index (χ2v) is 6.60. The molecule has 0 radical (unpaired) electrons. The SMILES string of the molecule is COc1cc(C)c(S(=O)(=O)NCCN(C)C)cc1Cl. The van der Waals surface area contributed by atoms with E-state index >= 15 is 0 Å². The average Bonchev–Trinajstić information content (AvgIpc) is 2.30. The monoisotopic (exact) mass is 306 g/mol. The standard InChI is InChI=1S/C12H19ClN2O3S/c1-9-7-11(18-4)10(13)8-12(9)19(16,17)14-5-6-15(2)3/h7-8,14H,5-6H2,1-4H3. The highest BCUT2D eigenvalue weighted by Gasteiger charge is 2.18. The van der Waals surface area contributed by atoms with Crippen molar-refractivity contribution in [2.24, 2.45) is 0 Å². The molecule has 0 aliphatic rings. The predicted octanol–water partition coefficient (Wildman–Crippen LogP) is 1.50. The second-order valence-electron chi connectivity index (χ2n) is 4.45. The van der Waals surface area contributed by atoms with Gasteiger partial charge in [-0.05, 0) is 38.7 Å². The van der Waals surface area contributed by atoms with E-state index in [9.17, 15) is 8.42 Å². The number of hydrogen-bond donors (Lipinski definition) is 1. The zero-order valence-electron chi connectivity index (χ0n) is 11.5. The van der Waals surface area contributed by atoms with Crippen LogP contribution in [0.25, 0.3) is 0 Å². The number of nitrogens with zero attached hydrogens (tertiary/aromatic N) is 1. The molecular formula is C12H19ClN2O3S. The Morgan fingerprint density at radius 3 is 2.53 bits per heavy atom. The number of nitrogens with one attached hydrogen (secondary N) is 1. The van der Waals surface area contributed by atoms with Crippen molar-refractivity contribution in [1.82, 2.24) is 9.62 Å². The smallest absolute Gasteiger partial charge is 0.240 e. The highest BCUT2D eigenvalue weighted by molar-refractivity contribution is 7.89. The maximum absolute atomic E-state index is 12.2. The summed E-state index contributed by atoms with van der Waals surface area (Å²) in [7, 11) is 1.70. The summed E-state index contributed by atoms with van der Waals surface area (Å²) in [5.41, 5.74) is 0.596. The summed E-state index contributed by atoms with van der Waals surface area (Å²) >= 11 is 5.97. The maximum Gasteiger partial charge on any atom is 0.240 e. The lowest BCUT2D eigenvalue weighted by molar-refractivity contribution is 0.412. The molecule has 0 saturated carbocycles. The third kappa shape index (κ3) is 4.35. The minimum Gasteiger partial charge on any atom is -0.495 e.